The van der Waals surface area contributed by atoms with Gasteiger partial charge in [0.25, 0.3) is 11.8 Å². The van der Waals surface area contributed by atoms with Crippen molar-refractivity contribution in [2.24, 2.45) is 0 Å². The first-order valence-corrected chi connectivity index (χ1v) is 9.37. The maximum absolute atomic E-state index is 12.4. The van der Waals surface area contributed by atoms with Gasteiger partial charge in [-0.05, 0) is 42.3 Å². The zero-order chi connectivity index (χ0) is 21.0. The third-order valence-corrected chi connectivity index (χ3v) is 4.74. The summed E-state index contributed by atoms with van der Waals surface area (Å²) >= 11 is 5.87. The Bertz CT molecular complexity index is 989. The summed E-state index contributed by atoms with van der Waals surface area (Å²) in [7, 11) is 0. The first-order valence-electron chi connectivity index (χ1n) is 8.99. The minimum absolute atomic E-state index is 0.0945. The van der Waals surface area contributed by atoms with Crippen LogP contribution >= 0.6 is 11.6 Å². The van der Waals surface area contributed by atoms with Crippen LogP contribution in [0.15, 0.2) is 42.5 Å². The highest BCUT2D eigenvalue weighted by molar-refractivity contribution is 6.30. The predicted octanol–water partition coefficient (Wildman–Crippen LogP) is 2.75. The van der Waals surface area contributed by atoms with Crippen molar-refractivity contribution in [1.29, 1.82) is 0 Å². The Hall–Kier alpha value is -3.19. The summed E-state index contributed by atoms with van der Waals surface area (Å²) in [6, 6.07) is 11.9. The highest BCUT2D eigenvalue weighted by Gasteiger charge is 2.30. The summed E-state index contributed by atoms with van der Waals surface area (Å²) in [4.78, 5) is 49.6. The molecule has 8 heteroatoms. The molecular formula is C21H19ClN2O5. The first-order chi connectivity index (χ1) is 13.8. The summed E-state index contributed by atoms with van der Waals surface area (Å²) in [6.07, 6.45) is -0.0767. The van der Waals surface area contributed by atoms with Crippen LogP contribution in [0.5, 0.6) is 0 Å². The van der Waals surface area contributed by atoms with Crippen LogP contribution < -0.4 is 5.32 Å². The van der Waals surface area contributed by atoms with Crippen molar-refractivity contribution in [2.45, 2.75) is 19.8 Å². The van der Waals surface area contributed by atoms with E-state index in [4.69, 9.17) is 16.3 Å². The van der Waals surface area contributed by atoms with Gasteiger partial charge in [0.15, 0.2) is 6.61 Å². The smallest absolute Gasteiger partial charge is 0.308 e. The number of amides is 3. The van der Waals surface area contributed by atoms with Crippen LogP contribution in [0.4, 0.5) is 5.69 Å². The van der Waals surface area contributed by atoms with Gasteiger partial charge >= 0.3 is 5.97 Å². The Kier molecular flexibility index (Phi) is 6.29. The number of carbonyl (C=O) groups excluding carboxylic acids is 4. The number of carbonyl (C=O) groups is 4. The number of esters is 1. The molecule has 0 fully saturated rings. The molecule has 3 amide bonds. The van der Waals surface area contributed by atoms with Gasteiger partial charge in [0.1, 0.15) is 0 Å². The molecule has 0 spiro atoms. The lowest BCUT2D eigenvalue weighted by Gasteiger charge is -2.26. The number of aryl methyl sites for hydroxylation is 1. The zero-order valence-corrected chi connectivity index (χ0v) is 16.5. The fourth-order valence-electron chi connectivity index (χ4n) is 3.00. The molecule has 1 aliphatic rings. The Morgan fingerprint density at radius 2 is 1.93 bits per heavy atom. The molecule has 7 nitrogen and oxygen atoms in total. The minimum Gasteiger partial charge on any atom is -0.456 e. The van der Waals surface area contributed by atoms with E-state index in [-0.39, 0.29) is 25.3 Å². The lowest BCUT2D eigenvalue weighted by Crippen LogP contribution is -2.43. The Balaban J connectivity index is 1.48. The number of hydrogen-bond donors (Lipinski definition) is 1. The van der Waals surface area contributed by atoms with Crippen molar-refractivity contribution in [3.05, 3.63) is 64.2 Å². The molecule has 0 radical (unpaired) electrons. The number of rotatable bonds is 6. The van der Waals surface area contributed by atoms with Gasteiger partial charge in [0.05, 0.1) is 12.8 Å². The van der Waals surface area contributed by atoms with Gasteiger partial charge in [-0.2, -0.15) is 0 Å². The average molecular weight is 415 g/mol. The van der Waals surface area contributed by atoms with E-state index in [9.17, 15) is 19.2 Å². The lowest BCUT2D eigenvalue weighted by molar-refractivity contribution is -0.147. The van der Waals surface area contributed by atoms with E-state index >= 15 is 0 Å². The van der Waals surface area contributed by atoms with Gasteiger partial charge in [-0.1, -0.05) is 29.8 Å². The minimum atomic E-state index is -0.674. The summed E-state index contributed by atoms with van der Waals surface area (Å²) < 4.78 is 4.94. The number of imide groups is 1. The quantitative estimate of drug-likeness (QED) is 0.579. The molecule has 0 bridgehead atoms. The van der Waals surface area contributed by atoms with E-state index in [1.807, 2.05) is 0 Å². The van der Waals surface area contributed by atoms with Crippen LogP contribution in [-0.4, -0.2) is 41.7 Å². The van der Waals surface area contributed by atoms with Crippen molar-refractivity contribution >= 4 is 41.0 Å². The number of anilines is 1. The molecule has 3 rings (SSSR count). The maximum Gasteiger partial charge on any atom is 0.308 e. The molecule has 1 aliphatic heterocycles. The third kappa shape index (κ3) is 5.00. The molecule has 150 valence electrons. The molecule has 0 unspecified atom stereocenters. The average Bonchev–Trinajstić information content (AvgIpc) is 2.68. The fraction of sp³-hybridized carbons (Fsp3) is 0.238. The maximum atomic E-state index is 12.4. The molecule has 0 aliphatic carbocycles. The van der Waals surface area contributed by atoms with E-state index < -0.39 is 24.4 Å². The summed E-state index contributed by atoms with van der Waals surface area (Å²) in [6.45, 7) is 1.23. The SMILES string of the molecule is Cc1cc(Cl)ccc1NC(=O)COC(=O)CCN1C(=O)Cc2ccccc2C1=O. The van der Waals surface area contributed by atoms with Crippen LogP contribution in [0.25, 0.3) is 0 Å². The van der Waals surface area contributed by atoms with Gasteiger partial charge in [0, 0.05) is 22.8 Å². The van der Waals surface area contributed by atoms with E-state index in [1.54, 1.807) is 49.4 Å². The van der Waals surface area contributed by atoms with Crippen molar-refractivity contribution < 1.29 is 23.9 Å². The number of nitrogens with one attached hydrogen (secondary N) is 1. The number of hydrogen-bond acceptors (Lipinski definition) is 5. The van der Waals surface area contributed by atoms with Crippen molar-refractivity contribution in [3.8, 4) is 0 Å². The monoisotopic (exact) mass is 414 g/mol. The van der Waals surface area contributed by atoms with E-state index in [0.29, 0.717) is 21.8 Å². The first kappa shape index (κ1) is 20.5. The van der Waals surface area contributed by atoms with Crippen LogP contribution in [0, 0.1) is 6.92 Å². The van der Waals surface area contributed by atoms with Crippen molar-refractivity contribution in [3.63, 3.8) is 0 Å². The summed E-state index contributed by atoms with van der Waals surface area (Å²) in [5, 5.41) is 3.18. The molecule has 0 saturated heterocycles. The highest BCUT2D eigenvalue weighted by Crippen LogP contribution is 2.20. The summed E-state index contributed by atoms with van der Waals surface area (Å²) in [5.41, 5.74) is 2.48. The zero-order valence-electron chi connectivity index (χ0n) is 15.7. The van der Waals surface area contributed by atoms with E-state index in [2.05, 4.69) is 5.32 Å². The van der Waals surface area contributed by atoms with Crippen LogP contribution in [-0.2, 0) is 25.5 Å². The molecule has 0 saturated carbocycles. The summed E-state index contributed by atoms with van der Waals surface area (Å²) in [5.74, 6) is -1.96. The Morgan fingerprint density at radius 1 is 1.17 bits per heavy atom. The lowest BCUT2D eigenvalue weighted by atomic mass is 9.98. The van der Waals surface area contributed by atoms with Crippen molar-refractivity contribution in [1.82, 2.24) is 4.90 Å². The molecule has 0 aromatic heterocycles. The Labute approximate surface area is 172 Å². The topological polar surface area (TPSA) is 92.8 Å². The number of benzene rings is 2. The van der Waals surface area contributed by atoms with Crippen LogP contribution in [0.3, 0.4) is 0 Å². The number of fused-ring (bicyclic) bond motifs is 1. The number of ether oxygens (including phenoxy) is 1. The second-order valence-corrected chi connectivity index (χ2v) is 7.04. The number of halogens is 1. The molecular weight excluding hydrogens is 396 g/mol. The predicted molar refractivity (Wildman–Crippen MR) is 107 cm³/mol. The van der Waals surface area contributed by atoms with Gasteiger partial charge in [-0.25, -0.2) is 0 Å². The normalized spacial score (nSPS) is 13.1. The molecule has 2 aromatic rings. The molecule has 0 atom stereocenters. The van der Waals surface area contributed by atoms with Crippen molar-refractivity contribution in [2.75, 3.05) is 18.5 Å². The van der Waals surface area contributed by atoms with Gasteiger partial charge in [-0.15, -0.1) is 0 Å². The fourth-order valence-corrected chi connectivity index (χ4v) is 3.23. The van der Waals surface area contributed by atoms with Gasteiger partial charge in [0.2, 0.25) is 5.91 Å². The molecule has 1 heterocycles. The van der Waals surface area contributed by atoms with Crippen LogP contribution in [0.2, 0.25) is 5.02 Å². The van der Waals surface area contributed by atoms with Gasteiger partial charge < -0.3 is 10.1 Å². The number of nitrogens with zero attached hydrogens (tertiary/aromatic N) is 1. The second-order valence-electron chi connectivity index (χ2n) is 6.60. The van der Waals surface area contributed by atoms with Crippen LogP contribution in [0.1, 0.15) is 27.9 Å². The highest BCUT2D eigenvalue weighted by atomic mass is 35.5. The van der Waals surface area contributed by atoms with E-state index in [0.717, 1.165) is 10.5 Å². The second kappa shape index (κ2) is 8.87. The Morgan fingerprint density at radius 3 is 2.69 bits per heavy atom. The third-order valence-electron chi connectivity index (χ3n) is 4.50. The molecule has 2 aromatic carbocycles. The van der Waals surface area contributed by atoms with Gasteiger partial charge in [-0.3, -0.25) is 24.1 Å². The van der Waals surface area contributed by atoms with E-state index in [1.165, 1.54) is 0 Å². The largest absolute Gasteiger partial charge is 0.456 e. The standard InChI is InChI=1S/C21H19ClN2O5/c1-13-10-15(22)6-7-17(13)23-18(25)12-29-20(27)8-9-24-19(26)11-14-4-2-3-5-16(14)21(24)28/h2-7,10H,8-9,11-12H2,1H3,(H,23,25). The molecule has 1 N–H and O–H groups in total. The molecule has 29 heavy (non-hydrogen) atoms.